The molecule has 0 heterocycles. The van der Waals surface area contributed by atoms with E-state index in [2.05, 4.69) is 15.9 Å². The number of rotatable bonds is 0. The average Bonchev–Trinajstić information content (AvgIpc) is 2.41. The van der Waals surface area contributed by atoms with E-state index in [1.165, 1.54) is 6.07 Å². The van der Waals surface area contributed by atoms with Gasteiger partial charge in [-0.15, -0.1) is 0 Å². The number of halogens is 4. The zero-order valence-corrected chi connectivity index (χ0v) is 9.02. The van der Waals surface area contributed by atoms with Crippen molar-refractivity contribution in [1.29, 1.82) is 0 Å². The van der Waals surface area contributed by atoms with Crippen LogP contribution in [-0.2, 0) is 12.6 Å². The molecule has 80 valence electrons. The highest BCUT2D eigenvalue weighted by atomic mass is 79.9. The minimum Gasteiger partial charge on any atom is -0.293 e. The fourth-order valence-corrected chi connectivity index (χ4v) is 2.21. The smallest absolute Gasteiger partial charge is 0.293 e. The second-order valence-corrected chi connectivity index (χ2v) is 4.51. The first-order chi connectivity index (χ1) is 6.89. The van der Waals surface area contributed by atoms with E-state index in [0.717, 1.165) is 12.1 Å². The van der Waals surface area contributed by atoms with Crippen LogP contribution in [0.5, 0.6) is 0 Å². The fourth-order valence-electron chi connectivity index (χ4n) is 1.61. The minimum atomic E-state index is -4.39. The van der Waals surface area contributed by atoms with Gasteiger partial charge in [0.1, 0.15) is 0 Å². The Morgan fingerprint density at radius 2 is 2.00 bits per heavy atom. The lowest BCUT2D eigenvalue weighted by atomic mass is 10.1. The van der Waals surface area contributed by atoms with Crippen LogP contribution in [0, 0.1) is 0 Å². The summed E-state index contributed by atoms with van der Waals surface area (Å²) < 4.78 is 37.1. The summed E-state index contributed by atoms with van der Waals surface area (Å²) in [4.78, 5) is 11.1. The van der Waals surface area contributed by atoms with E-state index >= 15 is 0 Å². The van der Waals surface area contributed by atoms with Gasteiger partial charge in [0.25, 0.3) is 0 Å². The van der Waals surface area contributed by atoms with Crippen LogP contribution in [0.3, 0.4) is 0 Å². The lowest BCUT2D eigenvalue weighted by Crippen LogP contribution is -2.08. The maximum absolute atomic E-state index is 12.4. The molecule has 0 saturated carbocycles. The molecule has 0 bridgehead atoms. The Balaban J connectivity index is 2.49. The lowest BCUT2D eigenvalue weighted by molar-refractivity contribution is -0.137. The summed E-state index contributed by atoms with van der Waals surface area (Å²) in [6, 6.07) is 3.31. The molecule has 0 amide bonds. The second kappa shape index (κ2) is 3.33. The van der Waals surface area contributed by atoms with Crippen molar-refractivity contribution in [2.45, 2.75) is 17.4 Å². The third-order valence-corrected chi connectivity index (χ3v) is 3.13. The SMILES string of the molecule is O=C1c2cc(C(F)(F)F)ccc2CC1Br. The molecule has 1 aromatic rings. The number of ketones is 1. The van der Waals surface area contributed by atoms with Crippen molar-refractivity contribution in [3.05, 3.63) is 34.9 Å². The lowest BCUT2D eigenvalue weighted by Gasteiger charge is -2.07. The Bertz CT molecular complexity index is 425. The predicted octanol–water partition coefficient (Wildman–Crippen LogP) is 3.21. The van der Waals surface area contributed by atoms with Gasteiger partial charge in [-0.05, 0) is 24.1 Å². The molecular formula is C10H6BrF3O. The van der Waals surface area contributed by atoms with Crippen molar-refractivity contribution in [3.63, 3.8) is 0 Å². The Hall–Kier alpha value is -0.840. The van der Waals surface area contributed by atoms with Gasteiger partial charge in [-0.1, -0.05) is 22.0 Å². The third-order valence-electron chi connectivity index (χ3n) is 2.39. The molecule has 0 saturated heterocycles. The first-order valence-electron chi connectivity index (χ1n) is 4.28. The van der Waals surface area contributed by atoms with Crippen molar-refractivity contribution in [2.75, 3.05) is 0 Å². The first kappa shape index (κ1) is 10.7. The van der Waals surface area contributed by atoms with Crippen molar-refractivity contribution >= 4 is 21.7 Å². The van der Waals surface area contributed by atoms with E-state index in [-0.39, 0.29) is 16.2 Å². The van der Waals surface area contributed by atoms with Gasteiger partial charge in [0.05, 0.1) is 10.4 Å². The molecule has 1 atom stereocenters. The van der Waals surface area contributed by atoms with Crippen LogP contribution in [-0.4, -0.2) is 10.6 Å². The van der Waals surface area contributed by atoms with Gasteiger partial charge in [0, 0.05) is 5.56 Å². The normalized spacial score (nSPS) is 20.5. The van der Waals surface area contributed by atoms with Crippen molar-refractivity contribution in [3.8, 4) is 0 Å². The summed E-state index contributed by atoms with van der Waals surface area (Å²) in [5.74, 6) is -0.268. The monoisotopic (exact) mass is 278 g/mol. The number of hydrogen-bond acceptors (Lipinski definition) is 1. The van der Waals surface area contributed by atoms with Crippen molar-refractivity contribution < 1.29 is 18.0 Å². The van der Waals surface area contributed by atoms with Gasteiger partial charge in [0.15, 0.2) is 5.78 Å². The maximum atomic E-state index is 12.4. The Kier molecular flexibility index (Phi) is 2.37. The van der Waals surface area contributed by atoms with Crippen LogP contribution in [0.1, 0.15) is 21.5 Å². The first-order valence-corrected chi connectivity index (χ1v) is 5.19. The summed E-state index contributed by atoms with van der Waals surface area (Å²) >= 11 is 3.13. The number of Topliss-reactive ketones (excluding diaryl/α,β-unsaturated/α-hetero) is 1. The van der Waals surface area contributed by atoms with Gasteiger partial charge >= 0.3 is 6.18 Å². The number of carbonyl (C=O) groups is 1. The van der Waals surface area contributed by atoms with E-state index in [1.807, 2.05) is 0 Å². The summed E-state index contributed by atoms with van der Waals surface area (Å²) in [7, 11) is 0. The van der Waals surface area contributed by atoms with Crippen molar-refractivity contribution in [1.82, 2.24) is 0 Å². The van der Waals surface area contributed by atoms with E-state index in [1.54, 1.807) is 0 Å². The van der Waals surface area contributed by atoms with E-state index in [4.69, 9.17) is 0 Å². The van der Waals surface area contributed by atoms with Crippen LogP contribution in [0.2, 0.25) is 0 Å². The average molecular weight is 279 g/mol. The van der Waals surface area contributed by atoms with Crippen LogP contribution in [0.25, 0.3) is 0 Å². The topological polar surface area (TPSA) is 17.1 Å². The van der Waals surface area contributed by atoms with E-state index < -0.39 is 11.7 Å². The summed E-state index contributed by atoms with van der Waals surface area (Å²) in [6.07, 6.45) is -3.92. The second-order valence-electron chi connectivity index (χ2n) is 3.41. The molecule has 1 aromatic carbocycles. The largest absolute Gasteiger partial charge is 0.416 e. The highest BCUT2D eigenvalue weighted by molar-refractivity contribution is 9.10. The zero-order chi connectivity index (χ0) is 11.2. The molecular weight excluding hydrogens is 273 g/mol. The van der Waals surface area contributed by atoms with E-state index in [9.17, 15) is 18.0 Å². The minimum absolute atomic E-state index is 0.187. The molecule has 0 N–H and O–H groups in total. The Morgan fingerprint density at radius 1 is 1.33 bits per heavy atom. The van der Waals surface area contributed by atoms with Gasteiger partial charge in [-0.25, -0.2) is 0 Å². The quantitative estimate of drug-likeness (QED) is 0.666. The summed E-state index contributed by atoms with van der Waals surface area (Å²) in [5.41, 5.74) is 0.0952. The van der Waals surface area contributed by atoms with Gasteiger partial charge < -0.3 is 0 Å². The third kappa shape index (κ3) is 1.80. The van der Waals surface area contributed by atoms with Gasteiger partial charge in [-0.3, -0.25) is 4.79 Å². The number of benzene rings is 1. The molecule has 0 fully saturated rings. The van der Waals surface area contributed by atoms with Gasteiger partial charge in [0.2, 0.25) is 0 Å². The van der Waals surface area contributed by atoms with Crippen LogP contribution in [0.4, 0.5) is 13.2 Å². The van der Waals surface area contributed by atoms with Gasteiger partial charge in [-0.2, -0.15) is 13.2 Å². The summed E-state index contributed by atoms with van der Waals surface area (Å²) in [6.45, 7) is 0. The molecule has 0 aromatic heterocycles. The predicted molar refractivity (Wildman–Crippen MR) is 52.2 cm³/mol. The molecule has 2 rings (SSSR count). The van der Waals surface area contributed by atoms with Crippen LogP contribution in [0.15, 0.2) is 18.2 Å². The molecule has 0 spiro atoms. The molecule has 0 radical (unpaired) electrons. The van der Waals surface area contributed by atoms with Crippen LogP contribution >= 0.6 is 15.9 Å². The molecule has 1 nitrogen and oxygen atoms in total. The molecule has 15 heavy (non-hydrogen) atoms. The maximum Gasteiger partial charge on any atom is 0.416 e. The standard InChI is InChI=1S/C10H6BrF3O/c11-8-3-5-1-2-6(10(12,13)14)4-7(5)9(8)15/h1-2,4,8H,3H2. The Labute approximate surface area is 92.4 Å². The number of alkyl halides is 4. The zero-order valence-electron chi connectivity index (χ0n) is 7.44. The highest BCUT2D eigenvalue weighted by Crippen LogP contribution is 2.34. The van der Waals surface area contributed by atoms with Crippen molar-refractivity contribution in [2.24, 2.45) is 0 Å². The molecule has 1 aliphatic rings. The highest BCUT2D eigenvalue weighted by Gasteiger charge is 2.34. The molecule has 5 heteroatoms. The Morgan fingerprint density at radius 3 is 2.60 bits per heavy atom. The number of hydrogen-bond donors (Lipinski definition) is 0. The molecule has 1 unspecified atom stereocenters. The number of carbonyl (C=O) groups excluding carboxylic acids is 1. The van der Waals surface area contributed by atoms with Crippen LogP contribution < -0.4 is 0 Å². The molecule has 0 aliphatic heterocycles. The fraction of sp³-hybridized carbons (Fsp3) is 0.300. The number of fused-ring (bicyclic) bond motifs is 1. The van der Waals surface area contributed by atoms with E-state index in [0.29, 0.717) is 12.0 Å². The molecule has 1 aliphatic carbocycles. The summed E-state index contributed by atoms with van der Waals surface area (Å²) in [5, 5.41) is 0.